The van der Waals surface area contributed by atoms with Crippen molar-refractivity contribution in [2.24, 2.45) is 0 Å². The molecule has 1 heterocycles. The summed E-state index contributed by atoms with van der Waals surface area (Å²) in [5, 5.41) is 0.430. The zero-order chi connectivity index (χ0) is 15.7. The van der Waals surface area contributed by atoms with Gasteiger partial charge in [0.25, 0.3) is 0 Å². The van der Waals surface area contributed by atoms with Crippen LogP contribution in [0.2, 0.25) is 0 Å². The fraction of sp³-hybridized carbons (Fsp3) is 0.118. The van der Waals surface area contributed by atoms with Crippen molar-refractivity contribution in [2.45, 2.75) is 12.6 Å². The Kier molecular flexibility index (Phi) is 3.48. The summed E-state index contributed by atoms with van der Waals surface area (Å²) >= 11 is 0. The summed E-state index contributed by atoms with van der Waals surface area (Å²) in [6, 6.07) is 14.9. The number of carbonyl (C=O) groups is 1. The van der Waals surface area contributed by atoms with Gasteiger partial charge in [-0.25, -0.2) is 0 Å². The van der Waals surface area contributed by atoms with Gasteiger partial charge < -0.3 is 4.98 Å². The summed E-state index contributed by atoms with van der Waals surface area (Å²) in [5.41, 5.74) is 0.889. The van der Waals surface area contributed by atoms with E-state index in [0.717, 1.165) is 0 Å². The zero-order valence-electron chi connectivity index (χ0n) is 11.4. The summed E-state index contributed by atoms with van der Waals surface area (Å²) < 4.78 is 38.6. The van der Waals surface area contributed by atoms with Crippen LogP contribution in [0.15, 0.2) is 54.6 Å². The largest absolute Gasteiger partial charge is 0.393 e. The number of H-pyrrole nitrogens is 1. The summed E-state index contributed by atoms with van der Waals surface area (Å²) in [4.78, 5) is 15.4. The summed E-state index contributed by atoms with van der Waals surface area (Å²) in [7, 11) is 0. The van der Waals surface area contributed by atoms with E-state index in [4.69, 9.17) is 0 Å². The number of hydrogen-bond donors (Lipinski definition) is 1. The topological polar surface area (TPSA) is 32.9 Å². The number of aromatic amines is 1. The van der Waals surface area contributed by atoms with Crippen molar-refractivity contribution in [1.29, 1.82) is 0 Å². The number of hydrogen-bond acceptors (Lipinski definition) is 1. The number of aromatic nitrogens is 1. The zero-order valence-corrected chi connectivity index (χ0v) is 11.4. The van der Waals surface area contributed by atoms with Crippen LogP contribution in [0, 0.1) is 0 Å². The van der Waals surface area contributed by atoms with Crippen molar-refractivity contribution in [2.75, 3.05) is 0 Å². The Labute approximate surface area is 124 Å². The highest BCUT2D eigenvalue weighted by Gasteiger charge is 2.32. The van der Waals surface area contributed by atoms with Crippen LogP contribution in [0.3, 0.4) is 0 Å². The third-order valence-electron chi connectivity index (χ3n) is 3.45. The van der Waals surface area contributed by atoms with Gasteiger partial charge in [0.1, 0.15) is 0 Å². The van der Waals surface area contributed by atoms with Gasteiger partial charge in [0, 0.05) is 16.5 Å². The van der Waals surface area contributed by atoms with Crippen LogP contribution < -0.4 is 0 Å². The molecule has 3 aromatic rings. The Bertz CT molecular complexity index is 819. The average Bonchev–Trinajstić information content (AvgIpc) is 2.84. The minimum absolute atomic E-state index is 0.00282. The molecule has 0 unspecified atom stereocenters. The van der Waals surface area contributed by atoms with E-state index in [2.05, 4.69) is 4.98 Å². The normalized spacial score (nSPS) is 11.8. The second-order valence-electron chi connectivity index (χ2n) is 5.01. The predicted octanol–water partition coefficient (Wildman–Crippen LogP) is 4.50. The van der Waals surface area contributed by atoms with Gasteiger partial charge in [-0.3, -0.25) is 4.79 Å². The number of halogens is 3. The van der Waals surface area contributed by atoms with Crippen LogP contribution >= 0.6 is 0 Å². The van der Waals surface area contributed by atoms with Crippen molar-refractivity contribution in [3.05, 3.63) is 71.4 Å². The highest BCUT2D eigenvalue weighted by Crippen LogP contribution is 2.30. The van der Waals surface area contributed by atoms with Crippen LogP contribution in [-0.4, -0.2) is 16.9 Å². The van der Waals surface area contributed by atoms with E-state index in [9.17, 15) is 18.0 Å². The van der Waals surface area contributed by atoms with Crippen LogP contribution in [0.25, 0.3) is 10.9 Å². The molecule has 0 radical (unpaired) electrons. The minimum Gasteiger partial charge on any atom is -0.352 e. The molecule has 0 bridgehead atoms. The molecule has 1 N–H and O–H groups in total. The van der Waals surface area contributed by atoms with Gasteiger partial charge in [-0.15, -0.1) is 0 Å². The van der Waals surface area contributed by atoms with Gasteiger partial charge in [-0.2, -0.15) is 13.2 Å². The second kappa shape index (κ2) is 5.33. The average molecular weight is 303 g/mol. The van der Waals surface area contributed by atoms with Crippen LogP contribution in [-0.2, 0) is 6.42 Å². The molecule has 2 aromatic carbocycles. The van der Waals surface area contributed by atoms with Crippen LogP contribution in [0.5, 0.6) is 0 Å². The van der Waals surface area contributed by atoms with Gasteiger partial charge in [0.05, 0.1) is 12.1 Å². The molecule has 0 amide bonds. The Morgan fingerprint density at radius 3 is 2.27 bits per heavy atom. The second-order valence-corrected chi connectivity index (χ2v) is 5.01. The molecule has 0 aliphatic heterocycles. The summed E-state index contributed by atoms with van der Waals surface area (Å²) in [5.74, 6) is -0.434. The molecule has 0 aliphatic carbocycles. The van der Waals surface area contributed by atoms with E-state index >= 15 is 0 Å². The number of rotatable bonds is 3. The Hall–Kier alpha value is -2.56. The fourth-order valence-corrected chi connectivity index (χ4v) is 2.51. The fourth-order valence-electron chi connectivity index (χ4n) is 2.51. The number of nitrogens with one attached hydrogen (secondary N) is 1. The first-order valence-electron chi connectivity index (χ1n) is 6.72. The van der Waals surface area contributed by atoms with E-state index in [1.54, 1.807) is 54.6 Å². The summed E-state index contributed by atoms with van der Waals surface area (Å²) in [6.07, 6.45) is -5.51. The smallest absolute Gasteiger partial charge is 0.352 e. The highest BCUT2D eigenvalue weighted by atomic mass is 19.4. The van der Waals surface area contributed by atoms with Crippen molar-refractivity contribution in [3.63, 3.8) is 0 Å². The highest BCUT2D eigenvalue weighted by molar-refractivity contribution is 6.11. The Balaban J connectivity index is 2.16. The first-order chi connectivity index (χ1) is 10.5. The molecule has 0 fully saturated rings. The van der Waals surface area contributed by atoms with Gasteiger partial charge in [-0.05, 0) is 11.6 Å². The lowest BCUT2D eigenvalue weighted by Crippen LogP contribution is -2.14. The first kappa shape index (κ1) is 14.4. The maximum absolute atomic E-state index is 12.9. The Morgan fingerprint density at radius 1 is 0.955 bits per heavy atom. The van der Waals surface area contributed by atoms with Gasteiger partial charge in [-0.1, -0.05) is 48.5 Å². The molecule has 22 heavy (non-hydrogen) atoms. The maximum Gasteiger partial charge on any atom is 0.393 e. The first-order valence-corrected chi connectivity index (χ1v) is 6.72. The minimum atomic E-state index is -4.38. The molecule has 0 spiro atoms. The molecule has 0 atom stereocenters. The number of fused-ring (bicyclic) bond motifs is 1. The standard InChI is InChI=1S/C17H12F3NO/c18-17(19,20)10-13-12-8-4-5-9-14(12)21-15(13)16(22)11-6-2-1-3-7-11/h1-9,21H,10H2. The number of benzene rings is 2. The van der Waals surface area contributed by atoms with Crippen LogP contribution in [0.1, 0.15) is 21.6 Å². The SMILES string of the molecule is O=C(c1ccccc1)c1[nH]c2ccccc2c1CC(F)(F)F. The molecule has 0 saturated carbocycles. The van der Waals surface area contributed by atoms with E-state index < -0.39 is 18.4 Å². The molecule has 5 heteroatoms. The number of ketones is 1. The number of para-hydroxylation sites is 1. The predicted molar refractivity (Wildman–Crippen MR) is 77.9 cm³/mol. The number of carbonyl (C=O) groups excluding carboxylic acids is 1. The van der Waals surface area contributed by atoms with Gasteiger partial charge in [0.15, 0.2) is 0 Å². The number of alkyl halides is 3. The monoisotopic (exact) mass is 303 g/mol. The third kappa shape index (κ3) is 2.74. The molecule has 112 valence electrons. The molecular formula is C17H12F3NO. The van der Waals surface area contributed by atoms with Crippen LogP contribution in [0.4, 0.5) is 13.2 Å². The molecule has 3 rings (SSSR count). The van der Waals surface area contributed by atoms with E-state index in [1.807, 2.05) is 0 Å². The molecular weight excluding hydrogens is 291 g/mol. The van der Waals surface area contributed by atoms with Crippen molar-refractivity contribution >= 4 is 16.7 Å². The van der Waals surface area contributed by atoms with Gasteiger partial charge in [0.2, 0.25) is 5.78 Å². The summed E-state index contributed by atoms with van der Waals surface area (Å²) in [6.45, 7) is 0. The maximum atomic E-state index is 12.9. The van der Waals surface area contributed by atoms with E-state index in [0.29, 0.717) is 16.5 Å². The molecule has 0 aliphatic rings. The Morgan fingerprint density at radius 2 is 1.59 bits per heavy atom. The lowest BCUT2D eigenvalue weighted by molar-refractivity contribution is -0.127. The third-order valence-corrected chi connectivity index (χ3v) is 3.45. The molecule has 1 aromatic heterocycles. The lowest BCUT2D eigenvalue weighted by Gasteiger charge is -2.08. The van der Waals surface area contributed by atoms with Crippen molar-refractivity contribution in [1.82, 2.24) is 4.98 Å². The molecule has 0 saturated heterocycles. The lowest BCUT2D eigenvalue weighted by atomic mass is 10.0. The van der Waals surface area contributed by atoms with E-state index in [1.165, 1.54) is 0 Å². The molecule has 2 nitrogen and oxygen atoms in total. The van der Waals surface area contributed by atoms with Crippen molar-refractivity contribution < 1.29 is 18.0 Å². The van der Waals surface area contributed by atoms with Gasteiger partial charge >= 0.3 is 6.18 Å². The quantitative estimate of drug-likeness (QED) is 0.710. The van der Waals surface area contributed by atoms with E-state index in [-0.39, 0.29) is 11.3 Å². The van der Waals surface area contributed by atoms with Crippen molar-refractivity contribution in [3.8, 4) is 0 Å².